The molecule has 0 heterocycles. The minimum absolute atomic E-state index is 0.215. The second-order valence-electron chi connectivity index (χ2n) is 4.95. The number of rotatable bonds is 2. The van der Waals surface area contributed by atoms with Gasteiger partial charge in [0.05, 0.1) is 11.5 Å². The number of hydrogen-bond acceptors (Lipinski definition) is 2. The molecule has 1 aromatic rings. The molecule has 2 aliphatic carbocycles. The molecular weight excluding hydrogens is 198 g/mol. The quantitative estimate of drug-likeness (QED) is 0.754. The summed E-state index contributed by atoms with van der Waals surface area (Å²) < 4.78 is 0. The molecule has 0 aromatic heterocycles. The molecule has 0 amide bonds. The van der Waals surface area contributed by atoms with E-state index in [1.165, 1.54) is 18.4 Å². The Bertz CT molecular complexity index is 486. The minimum atomic E-state index is -0.504. The number of hydrogen-bond donors (Lipinski definition) is 0. The van der Waals surface area contributed by atoms with Crippen molar-refractivity contribution in [3.63, 3.8) is 0 Å². The number of Topliss-reactive ketones (excluding diaryl/α,β-unsaturated/α-hetero) is 1. The fraction of sp³-hybridized carbons (Fsp3) is 0.429. The van der Waals surface area contributed by atoms with E-state index in [1.807, 2.05) is 18.2 Å². The summed E-state index contributed by atoms with van der Waals surface area (Å²) in [6, 6.07) is 10.5. The predicted molar refractivity (Wildman–Crippen MR) is 59.9 cm³/mol. The van der Waals surface area contributed by atoms with Crippen molar-refractivity contribution in [3.05, 3.63) is 35.4 Å². The Hall–Kier alpha value is -1.62. The van der Waals surface area contributed by atoms with Crippen LogP contribution in [-0.4, -0.2) is 5.78 Å². The van der Waals surface area contributed by atoms with Gasteiger partial charge in [0, 0.05) is 12.8 Å². The number of ketones is 1. The summed E-state index contributed by atoms with van der Waals surface area (Å²) in [5.74, 6) is 0.851. The van der Waals surface area contributed by atoms with E-state index in [0.29, 0.717) is 18.8 Å². The molecule has 2 saturated carbocycles. The van der Waals surface area contributed by atoms with Crippen LogP contribution in [-0.2, 0) is 10.2 Å². The number of nitriles is 1. The largest absolute Gasteiger partial charge is 0.300 e. The molecule has 0 saturated heterocycles. The summed E-state index contributed by atoms with van der Waals surface area (Å²) in [5.41, 5.74) is 1.91. The standard InChI is InChI=1S/C14H13NO/c15-9-14(7-11(16)8-14)13-4-2-1-3-12(13)10-5-6-10/h1-4,10H,5-8H2. The lowest BCUT2D eigenvalue weighted by Crippen LogP contribution is -2.41. The topological polar surface area (TPSA) is 40.9 Å². The normalized spacial score (nSPS) is 22.3. The number of carbonyl (C=O) groups excluding carboxylic acids is 1. The van der Waals surface area contributed by atoms with Crippen LogP contribution in [0.1, 0.15) is 42.7 Å². The summed E-state index contributed by atoms with van der Waals surface area (Å²) in [7, 11) is 0. The van der Waals surface area contributed by atoms with Crippen molar-refractivity contribution in [1.82, 2.24) is 0 Å². The maximum atomic E-state index is 11.2. The molecule has 0 aliphatic heterocycles. The van der Waals surface area contributed by atoms with Gasteiger partial charge in [-0.3, -0.25) is 4.79 Å². The van der Waals surface area contributed by atoms with E-state index < -0.39 is 5.41 Å². The first-order chi connectivity index (χ1) is 7.75. The maximum absolute atomic E-state index is 11.2. The number of benzene rings is 1. The fourth-order valence-corrected chi connectivity index (χ4v) is 2.63. The molecule has 0 bridgehead atoms. The van der Waals surface area contributed by atoms with Crippen molar-refractivity contribution >= 4 is 5.78 Å². The first kappa shape index (κ1) is 9.59. The Kier molecular flexibility index (Phi) is 1.91. The van der Waals surface area contributed by atoms with Crippen LogP contribution in [0, 0.1) is 11.3 Å². The lowest BCUT2D eigenvalue weighted by molar-refractivity contribution is -0.126. The lowest BCUT2D eigenvalue weighted by Gasteiger charge is -2.35. The van der Waals surface area contributed by atoms with Gasteiger partial charge in [-0.15, -0.1) is 0 Å². The van der Waals surface area contributed by atoms with E-state index in [-0.39, 0.29) is 5.78 Å². The zero-order chi connectivity index (χ0) is 11.2. The predicted octanol–water partition coefficient (Wildman–Crippen LogP) is 2.69. The Labute approximate surface area is 94.9 Å². The third-order valence-electron chi connectivity index (χ3n) is 3.71. The highest BCUT2D eigenvalue weighted by molar-refractivity contribution is 5.90. The van der Waals surface area contributed by atoms with Crippen LogP contribution in [0.25, 0.3) is 0 Å². The molecule has 2 heteroatoms. The second-order valence-corrected chi connectivity index (χ2v) is 4.95. The van der Waals surface area contributed by atoms with Crippen molar-refractivity contribution in [2.45, 2.75) is 37.0 Å². The number of carbonyl (C=O) groups is 1. The summed E-state index contributed by atoms with van der Waals surface area (Å²) in [5, 5.41) is 9.33. The Morgan fingerprint density at radius 3 is 2.50 bits per heavy atom. The van der Waals surface area contributed by atoms with Gasteiger partial charge in [-0.2, -0.15) is 5.26 Å². The molecule has 0 radical (unpaired) electrons. The molecule has 2 nitrogen and oxygen atoms in total. The van der Waals surface area contributed by atoms with Crippen LogP contribution in [0.15, 0.2) is 24.3 Å². The Morgan fingerprint density at radius 1 is 1.25 bits per heavy atom. The van der Waals surface area contributed by atoms with E-state index in [4.69, 9.17) is 0 Å². The van der Waals surface area contributed by atoms with Crippen LogP contribution < -0.4 is 0 Å². The van der Waals surface area contributed by atoms with Crippen LogP contribution in [0.5, 0.6) is 0 Å². The Morgan fingerprint density at radius 2 is 1.94 bits per heavy atom. The van der Waals surface area contributed by atoms with Crippen LogP contribution in [0.4, 0.5) is 0 Å². The van der Waals surface area contributed by atoms with Gasteiger partial charge in [-0.1, -0.05) is 24.3 Å². The van der Waals surface area contributed by atoms with E-state index in [0.717, 1.165) is 5.56 Å². The maximum Gasteiger partial charge on any atom is 0.136 e. The summed E-state index contributed by atoms with van der Waals surface area (Å²) in [6.45, 7) is 0. The molecule has 0 spiro atoms. The summed E-state index contributed by atoms with van der Waals surface area (Å²) >= 11 is 0. The molecule has 2 aliphatic rings. The highest BCUT2D eigenvalue weighted by Crippen LogP contribution is 2.49. The monoisotopic (exact) mass is 211 g/mol. The van der Waals surface area contributed by atoms with E-state index >= 15 is 0 Å². The highest BCUT2D eigenvalue weighted by atomic mass is 16.1. The fourth-order valence-electron chi connectivity index (χ4n) is 2.63. The number of nitrogens with zero attached hydrogens (tertiary/aromatic N) is 1. The molecule has 0 unspecified atom stereocenters. The van der Waals surface area contributed by atoms with Gasteiger partial charge in [0.2, 0.25) is 0 Å². The second kappa shape index (κ2) is 3.18. The van der Waals surface area contributed by atoms with Crippen molar-refractivity contribution in [2.24, 2.45) is 0 Å². The van der Waals surface area contributed by atoms with Crippen molar-refractivity contribution < 1.29 is 4.79 Å². The molecular formula is C14H13NO. The minimum Gasteiger partial charge on any atom is -0.300 e. The molecule has 0 atom stereocenters. The van der Waals surface area contributed by atoms with Gasteiger partial charge in [0.1, 0.15) is 5.78 Å². The smallest absolute Gasteiger partial charge is 0.136 e. The van der Waals surface area contributed by atoms with Gasteiger partial charge in [-0.25, -0.2) is 0 Å². The Balaban J connectivity index is 2.05. The molecule has 3 rings (SSSR count). The SMILES string of the molecule is N#CC1(c2ccccc2C2CC2)CC(=O)C1. The van der Waals surface area contributed by atoms with Gasteiger partial charge in [-0.05, 0) is 29.9 Å². The first-order valence-corrected chi connectivity index (χ1v) is 5.77. The zero-order valence-electron chi connectivity index (χ0n) is 9.07. The van der Waals surface area contributed by atoms with Gasteiger partial charge in [0.15, 0.2) is 0 Å². The molecule has 1 aromatic carbocycles. The third-order valence-corrected chi connectivity index (χ3v) is 3.71. The zero-order valence-corrected chi connectivity index (χ0v) is 9.07. The summed E-state index contributed by atoms with van der Waals surface area (Å²) in [4.78, 5) is 11.2. The van der Waals surface area contributed by atoms with Crippen molar-refractivity contribution in [2.75, 3.05) is 0 Å². The average Bonchev–Trinajstić information content (AvgIpc) is 3.08. The van der Waals surface area contributed by atoms with Crippen molar-refractivity contribution in [1.29, 1.82) is 5.26 Å². The highest BCUT2D eigenvalue weighted by Gasteiger charge is 2.47. The van der Waals surface area contributed by atoms with Gasteiger partial charge >= 0.3 is 0 Å². The molecule has 16 heavy (non-hydrogen) atoms. The van der Waals surface area contributed by atoms with E-state index in [9.17, 15) is 10.1 Å². The van der Waals surface area contributed by atoms with E-state index in [1.54, 1.807) is 0 Å². The van der Waals surface area contributed by atoms with E-state index in [2.05, 4.69) is 12.1 Å². The van der Waals surface area contributed by atoms with Crippen molar-refractivity contribution in [3.8, 4) is 6.07 Å². The van der Waals surface area contributed by atoms with Crippen LogP contribution in [0.3, 0.4) is 0 Å². The average molecular weight is 211 g/mol. The molecule has 0 N–H and O–H groups in total. The lowest BCUT2D eigenvalue weighted by atomic mass is 9.63. The first-order valence-electron chi connectivity index (χ1n) is 5.77. The van der Waals surface area contributed by atoms with Crippen LogP contribution >= 0.6 is 0 Å². The summed E-state index contributed by atoms with van der Waals surface area (Å²) in [6.07, 6.45) is 3.28. The third kappa shape index (κ3) is 1.28. The molecule has 2 fully saturated rings. The molecule has 80 valence electrons. The van der Waals surface area contributed by atoms with Gasteiger partial charge < -0.3 is 0 Å². The van der Waals surface area contributed by atoms with Crippen LogP contribution in [0.2, 0.25) is 0 Å². The van der Waals surface area contributed by atoms with Gasteiger partial charge in [0.25, 0.3) is 0 Å².